The van der Waals surface area contributed by atoms with Crippen LogP contribution in [-0.4, -0.2) is 38.2 Å². The minimum Gasteiger partial charge on any atom is -0.505 e. The summed E-state index contributed by atoms with van der Waals surface area (Å²) >= 11 is 0. The molecular formula is C21H17N3O4. The molecule has 0 aliphatic heterocycles. The molecule has 3 N–H and O–H groups in total. The van der Waals surface area contributed by atoms with E-state index in [2.05, 4.69) is 10.3 Å². The smallest absolute Gasteiger partial charge is 0.322 e. The number of amides is 1. The zero-order valence-electron chi connectivity index (χ0n) is 15.0. The molecule has 0 bridgehead atoms. The summed E-state index contributed by atoms with van der Waals surface area (Å²) in [5.74, 6) is -2.19. The van der Waals surface area contributed by atoms with Crippen LogP contribution in [0, 0.1) is 0 Å². The number of carboxylic acid groups (broad SMARTS) is 1. The van der Waals surface area contributed by atoms with Crippen molar-refractivity contribution < 1.29 is 19.8 Å². The Morgan fingerprint density at radius 3 is 2.46 bits per heavy atom. The largest absolute Gasteiger partial charge is 0.505 e. The van der Waals surface area contributed by atoms with E-state index in [1.165, 1.54) is 0 Å². The maximum Gasteiger partial charge on any atom is 0.322 e. The molecule has 0 aliphatic carbocycles. The first-order valence-corrected chi connectivity index (χ1v) is 8.64. The Kier molecular flexibility index (Phi) is 4.19. The molecule has 2 aromatic carbocycles. The van der Waals surface area contributed by atoms with Gasteiger partial charge in [-0.3, -0.25) is 9.59 Å². The fourth-order valence-corrected chi connectivity index (χ4v) is 3.44. The minimum atomic E-state index is -1.18. The molecule has 7 nitrogen and oxygen atoms in total. The van der Waals surface area contributed by atoms with Gasteiger partial charge in [-0.05, 0) is 6.07 Å². The van der Waals surface area contributed by atoms with Crippen molar-refractivity contribution in [3.8, 4) is 17.0 Å². The molecule has 0 fully saturated rings. The van der Waals surface area contributed by atoms with E-state index in [1.54, 1.807) is 0 Å². The molecule has 7 heteroatoms. The number of aliphatic carboxylic acids is 1. The first-order chi connectivity index (χ1) is 13.5. The van der Waals surface area contributed by atoms with Crippen LogP contribution in [0.4, 0.5) is 0 Å². The van der Waals surface area contributed by atoms with Crippen molar-refractivity contribution in [3.05, 3.63) is 60.3 Å². The van der Waals surface area contributed by atoms with Gasteiger partial charge in [-0.1, -0.05) is 48.5 Å². The van der Waals surface area contributed by atoms with Crippen LogP contribution in [0.2, 0.25) is 0 Å². The number of aryl methyl sites for hydroxylation is 1. The maximum absolute atomic E-state index is 12.5. The molecule has 0 unspecified atom stereocenters. The number of pyridine rings is 1. The van der Waals surface area contributed by atoms with Crippen molar-refractivity contribution >= 4 is 33.7 Å². The van der Waals surface area contributed by atoms with Gasteiger partial charge in [0.1, 0.15) is 6.54 Å². The molecule has 0 spiro atoms. The molecule has 1 amide bonds. The number of fused-ring (bicyclic) bond motifs is 3. The van der Waals surface area contributed by atoms with Crippen molar-refractivity contribution in [2.24, 2.45) is 7.05 Å². The predicted molar refractivity (Wildman–Crippen MR) is 105 cm³/mol. The summed E-state index contributed by atoms with van der Waals surface area (Å²) in [4.78, 5) is 27.8. The van der Waals surface area contributed by atoms with Gasteiger partial charge in [-0.2, -0.15) is 0 Å². The molecule has 0 aliphatic rings. The third-order valence-corrected chi connectivity index (χ3v) is 4.68. The summed E-state index contributed by atoms with van der Waals surface area (Å²) < 4.78 is 1.93. The summed E-state index contributed by atoms with van der Waals surface area (Å²) in [6, 6.07) is 16.9. The van der Waals surface area contributed by atoms with Gasteiger partial charge < -0.3 is 20.1 Å². The number of benzene rings is 2. The van der Waals surface area contributed by atoms with Crippen LogP contribution in [0.25, 0.3) is 33.1 Å². The number of carbonyl (C=O) groups is 2. The SMILES string of the molecule is Cn1c2ccccc2c2c(O)c(C(=O)NCC(=O)O)nc(-c3ccccc3)c21. The minimum absolute atomic E-state index is 0.205. The number of hydrogen-bond acceptors (Lipinski definition) is 4. The summed E-state index contributed by atoms with van der Waals surface area (Å²) in [6.45, 7) is -0.561. The van der Waals surface area contributed by atoms with E-state index in [0.29, 0.717) is 16.6 Å². The van der Waals surface area contributed by atoms with Gasteiger partial charge in [0.2, 0.25) is 0 Å². The summed E-state index contributed by atoms with van der Waals surface area (Å²) in [6.07, 6.45) is 0. The van der Waals surface area contributed by atoms with E-state index in [9.17, 15) is 14.7 Å². The second-order valence-corrected chi connectivity index (χ2v) is 6.40. The van der Waals surface area contributed by atoms with Crippen LogP contribution in [0.5, 0.6) is 5.75 Å². The normalized spacial score (nSPS) is 11.0. The quantitative estimate of drug-likeness (QED) is 0.509. The molecular weight excluding hydrogens is 358 g/mol. The molecule has 4 aromatic rings. The fraction of sp³-hybridized carbons (Fsp3) is 0.0952. The number of para-hydroxylation sites is 1. The van der Waals surface area contributed by atoms with E-state index >= 15 is 0 Å². The van der Waals surface area contributed by atoms with Crippen LogP contribution in [0.3, 0.4) is 0 Å². The molecule has 140 valence electrons. The third-order valence-electron chi connectivity index (χ3n) is 4.68. The number of carbonyl (C=O) groups excluding carboxylic acids is 1. The average molecular weight is 375 g/mol. The molecule has 4 rings (SSSR count). The zero-order valence-corrected chi connectivity index (χ0v) is 15.0. The highest BCUT2D eigenvalue weighted by atomic mass is 16.4. The van der Waals surface area contributed by atoms with Crippen LogP contribution in [0.15, 0.2) is 54.6 Å². The number of rotatable bonds is 4. The first-order valence-electron chi connectivity index (χ1n) is 8.64. The van der Waals surface area contributed by atoms with Gasteiger partial charge in [0.15, 0.2) is 11.4 Å². The number of nitrogens with zero attached hydrogens (tertiary/aromatic N) is 2. The van der Waals surface area contributed by atoms with Crippen molar-refractivity contribution in [3.63, 3.8) is 0 Å². The Balaban J connectivity index is 2.07. The lowest BCUT2D eigenvalue weighted by Gasteiger charge is -2.11. The van der Waals surface area contributed by atoms with Crippen LogP contribution >= 0.6 is 0 Å². The second-order valence-electron chi connectivity index (χ2n) is 6.40. The number of nitrogens with one attached hydrogen (secondary N) is 1. The monoisotopic (exact) mass is 375 g/mol. The predicted octanol–water partition coefficient (Wildman–Crippen LogP) is 2.91. The van der Waals surface area contributed by atoms with Crippen LogP contribution in [0.1, 0.15) is 10.5 Å². The van der Waals surface area contributed by atoms with Gasteiger partial charge >= 0.3 is 5.97 Å². The third kappa shape index (κ3) is 2.73. The summed E-state index contributed by atoms with van der Waals surface area (Å²) in [7, 11) is 1.88. The van der Waals surface area contributed by atoms with Gasteiger partial charge in [-0.15, -0.1) is 0 Å². The van der Waals surface area contributed by atoms with Gasteiger partial charge in [0.25, 0.3) is 5.91 Å². The number of hydrogen-bond donors (Lipinski definition) is 3. The Hall–Kier alpha value is -3.87. The topological polar surface area (TPSA) is 104 Å². The van der Waals surface area contributed by atoms with Crippen molar-refractivity contribution in [2.45, 2.75) is 0 Å². The Morgan fingerprint density at radius 2 is 1.75 bits per heavy atom. The average Bonchev–Trinajstić information content (AvgIpc) is 3.01. The molecule has 28 heavy (non-hydrogen) atoms. The van der Waals surface area contributed by atoms with E-state index in [0.717, 1.165) is 16.5 Å². The van der Waals surface area contributed by atoms with Crippen molar-refractivity contribution in [1.29, 1.82) is 0 Å². The second kappa shape index (κ2) is 6.70. The summed E-state index contributed by atoms with van der Waals surface area (Å²) in [5.41, 5.74) is 2.69. The van der Waals surface area contributed by atoms with E-state index < -0.39 is 18.4 Å². The summed E-state index contributed by atoms with van der Waals surface area (Å²) in [5, 5.41) is 23.3. The highest BCUT2D eigenvalue weighted by Crippen LogP contribution is 2.40. The van der Waals surface area contributed by atoms with Gasteiger partial charge in [-0.25, -0.2) is 4.98 Å². The fourth-order valence-electron chi connectivity index (χ4n) is 3.44. The lowest BCUT2D eigenvalue weighted by atomic mass is 10.1. The van der Waals surface area contributed by atoms with E-state index in [1.807, 2.05) is 66.2 Å². The Morgan fingerprint density at radius 1 is 1.07 bits per heavy atom. The lowest BCUT2D eigenvalue weighted by molar-refractivity contribution is -0.135. The highest BCUT2D eigenvalue weighted by molar-refractivity contribution is 6.17. The molecule has 0 radical (unpaired) electrons. The van der Waals surface area contributed by atoms with E-state index in [-0.39, 0.29) is 11.4 Å². The molecule has 2 heterocycles. The van der Waals surface area contributed by atoms with Gasteiger partial charge in [0.05, 0.1) is 16.6 Å². The Labute approximate surface area is 159 Å². The van der Waals surface area contributed by atoms with Crippen LogP contribution in [-0.2, 0) is 11.8 Å². The molecule has 0 atom stereocenters. The van der Waals surface area contributed by atoms with Crippen molar-refractivity contribution in [2.75, 3.05) is 6.54 Å². The number of aromatic nitrogens is 2. The molecule has 0 saturated carbocycles. The molecule has 0 saturated heterocycles. The number of carboxylic acids is 1. The van der Waals surface area contributed by atoms with Crippen molar-refractivity contribution in [1.82, 2.24) is 14.9 Å². The number of aromatic hydroxyl groups is 1. The Bertz CT molecular complexity index is 1230. The zero-order chi connectivity index (χ0) is 19.8. The lowest BCUT2D eigenvalue weighted by Crippen LogP contribution is -2.30. The standard InChI is InChI=1S/C21H17N3O4/c1-24-14-10-6-5-9-13(14)16-19(24)17(12-7-3-2-4-8-12)23-18(20(16)27)21(28)22-11-15(25)26/h2-10,27H,11H2,1H3,(H,22,28)(H,25,26). The van der Waals surface area contributed by atoms with Gasteiger partial charge in [0, 0.05) is 23.5 Å². The maximum atomic E-state index is 12.5. The van der Waals surface area contributed by atoms with E-state index in [4.69, 9.17) is 5.11 Å². The molecule has 2 aromatic heterocycles. The first kappa shape index (κ1) is 17.5. The highest BCUT2D eigenvalue weighted by Gasteiger charge is 2.24. The van der Waals surface area contributed by atoms with Crippen LogP contribution < -0.4 is 5.32 Å².